The minimum atomic E-state index is 0.635. The van der Waals surface area contributed by atoms with Crippen molar-refractivity contribution in [1.29, 1.82) is 0 Å². The van der Waals surface area contributed by atoms with Gasteiger partial charge in [0.2, 0.25) is 0 Å². The summed E-state index contributed by atoms with van der Waals surface area (Å²) in [6, 6.07) is 3.62. The molecule has 90 valence electrons. The molecule has 0 amide bonds. The van der Waals surface area contributed by atoms with Crippen molar-refractivity contribution in [2.45, 2.75) is 5.16 Å². The van der Waals surface area contributed by atoms with Crippen LogP contribution in [0.1, 0.15) is 0 Å². The van der Waals surface area contributed by atoms with Gasteiger partial charge >= 0.3 is 0 Å². The van der Waals surface area contributed by atoms with Crippen molar-refractivity contribution < 1.29 is 0 Å². The first-order chi connectivity index (χ1) is 8.27. The summed E-state index contributed by atoms with van der Waals surface area (Å²) in [4.78, 5) is 4.14. The van der Waals surface area contributed by atoms with Crippen molar-refractivity contribution in [3.05, 3.63) is 29.7 Å². The molecule has 0 aliphatic carbocycles. The average molecular weight is 270 g/mol. The SMILES string of the molecule is Cn1cnnc1SCCNc1ncccc1Cl. The first kappa shape index (κ1) is 12.2. The van der Waals surface area contributed by atoms with Gasteiger partial charge in [0.05, 0.1) is 5.02 Å². The summed E-state index contributed by atoms with van der Waals surface area (Å²) in [7, 11) is 1.92. The van der Waals surface area contributed by atoms with Gasteiger partial charge in [-0.2, -0.15) is 0 Å². The Labute approximate surface area is 109 Å². The van der Waals surface area contributed by atoms with E-state index >= 15 is 0 Å². The summed E-state index contributed by atoms with van der Waals surface area (Å²) < 4.78 is 1.89. The highest BCUT2D eigenvalue weighted by Gasteiger charge is 2.02. The van der Waals surface area contributed by atoms with Gasteiger partial charge in [-0.3, -0.25) is 0 Å². The predicted octanol–water partition coefficient (Wildman–Crippen LogP) is 2.07. The van der Waals surface area contributed by atoms with Gasteiger partial charge in [0.15, 0.2) is 5.16 Å². The normalized spacial score (nSPS) is 10.5. The molecule has 0 saturated carbocycles. The Hall–Kier alpha value is -1.27. The monoisotopic (exact) mass is 269 g/mol. The van der Waals surface area contributed by atoms with Crippen LogP contribution in [0.2, 0.25) is 5.02 Å². The van der Waals surface area contributed by atoms with E-state index < -0.39 is 0 Å². The number of aryl methyl sites for hydroxylation is 1. The Morgan fingerprint density at radius 1 is 1.53 bits per heavy atom. The molecule has 0 bridgehead atoms. The molecule has 2 rings (SSSR count). The third kappa shape index (κ3) is 3.34. The van der Waals surface area contributed by atoms with Gasteiger partial charge in [0.25, 0.3) is 0 Å². The van der Waals surface area contributed by atoms with Gasteiger partial charge in [-0.25, -0.2) is 4.98 Å². The Morgan fingerprint density at radius 2 is 2.41 bits per heavy atom. The summed E-state index contributed by atoms with van der Waals surface area (Å²) in [6.07, 6.45) is 3.40. The topological polar surface area (TPSA) is 55.6 Å². The summed E-state index contributed by atoms with van der Waals surface area (Å²) in [6.45, 7) is 0.772. The number of rotatable bonds is 5. The third-order valence-electron chi connectivity index (χ3n) is 2.05. The third-order valence-corrected chi connectivity index (χ3v) is 3.40. The number of halogens is 1. The van der Waals surface area contributed by atoms with E-state index in [2.05, 4.69) is 20.5 Å². The van der Waals surface area contributed by atoms with Crippen LogP contribution in [0.25, 0.3) is 0 Å². The van der Waals surface area contributed by atoms with Crippen LogP contribution in [0.15, 0.2) is 29.8 Å². The Balaban J connectivity index is 1.77. The lowest BCUT2D eigenvalue weighted by molar-refractivity contribution is 0.788. The molecule has 0 spiro atoms. The molecule has 1 N–H and O–H groups in total. The minimum Gasteiger partial charge on any atom is -0.368 e. The molecule has 17 heavy (non-hydrogen) atoms. The molecule has 0 saturated heterocycles. The van der Waals surface area contributed by atoms with Crippen LogP contribution < -0.4 is 5.32 Å². The molecule has 0 fully saturated rings. The zero-order valence-corrected chi connectivity index (χ0v) is 10.9. The van der Waals surface area contributed by atoms with Gasteiger partial charge in [-0.1, -0.05) is 23.4 Å². The van der Waals surface area contributed by atoms with E-state index in [9.17, 15) is 0 Å². The second kappa shape index (κ2) is 5.88. The van der Waals surface area contributed by atoms with Crippen molar-refractivity contribution in [3.63, 3.8) is 0 Å². The van der Waals surface area contributed by atoms with E-state index in [0.29, 0.717) is 10.8 Å². The summed E-state index contributed by atoms with van der Waals surface area (Å²) >= 11 is 7.60. The van der Waals surface area contributed by atoms with E-state index in [1.165, 1.54) is 0 Å². The van der Waals surface area contributed by atoms with E-state index in [0.717, 1.165) is 17.5 Å². The Kier molecular flexibility index (Phi) is 4.22. The molecule has 5 nitrogen and oxygen atoms in total. The van der Waals surface area contributed by atoms with Crippen LogP contribution >= 0.6 is 23.4 Å². The Morgan fingerprint density at radius 3 is 3.12 bits per heavy atom. The van der Waals surface area contributed by atoms with Crippen LogP contribution in [-0.4, -0.2) is 32.0 Å². The van der Waals surface area contributed by atoms with E-state index in [-0.39, 0.29) is 0 Å². The first-order valence-corrected chi connectivity index (χ1v) is 6.45. The number of nitrogens with one attached hydrogen (secondary N) is 1. The summed E-state index contributed by atoms with van der Waals surface area (Å²) in [5.41, 5.74) is 0. The predicted molar refractivity (Wildman–Crippen MR) is 69.5 cm³/mol. The Bertz CT molecular complexity index is 487. The molecule has 0 aliphatic heterocycles. The smallest absolute Gasteiger partial charge is 0.190 e. The standard InChI is InChI=1S/C10H12ClN5S/c1-16-7-14-15-10(16)17-6-5-13-9-8(11)3-2-4-12-9/h2-4,7H,5-6H2,1H3,(H,12,13). The van der Waals surface area contributed by atoms with Crippen molar-refractivity contribution in [2.24, 2.45) is 7.05 Å². The van der Waals surface area contributed by atoms with Crippen LogP contribution in [0.5, 0.6) is 0 Å². The van der Waals surface area contributed by atoms with E-state index in [4.69, 9.17) is 11.6 Å². The summed E-state index contributed by atoms with van der Waals surface area (Å²) in [5.74, 6) is 1.59. The van der Waals surface area contributed by atoms with Crippen molar-refractivity contribution >= 4 is 29.2 Å². The lowest BCUT2D eigenvalue weighted by Crippen LogP contribution is -2.06. The number of hydrogen-bond donors (Lipinski definition) is 1. The molecular formula is C10H12ClN5S. The molecular weight excluding hydrogens is 258 g/mol. The average Bonchev–Trinajstić information content (AvgIpc) is 2.73. The number of thioether (sulfide) groups is 1. The maximum absolute atomic E-state index is 5.97. The summed E-state index contributed by atoms with van der Waals surface area (Å²) in [5, 5.41) is 12.5. The number of anilines is 1. The molecule has 0 aliphatic rings. The van der Waals surface area contributed by atoms with Crippen LogP contribution in [0.3, 0.4) is 0 Å². The molecule has 0 unspecified atom stereocenters. The van der Waals surface area contributed by atoms with Gasteiger partial charge in [-0.05, 0) is 12.1 Å². The van der Waals surface area contributed by atoms with Gasteiger partial charge in [0, 0.05) is 25.5 Å². The van der Waals surface area contributed by atoms with Gasteiger partial charge in [-0.15, -0.1) is 10.2 Å². The fraction of sp³-hybridized carbons (Fsp3) is 0.300. The van der Waals surface area contributed by atoms with Crippen molar-refractivity contribution in [1.82, 2.24) is 19.7 Å². The van der Waals surface area contributed by atoms with Crippen LogP contribution in [0, 0.1) is 0 Å². The number of hydrogen-bond acceptors (Lipinski definition) is 5. The molecule has 0 aromatic carbocycles. The zero-order chi connectivity index (χ0) is 12.1. The molecule has 2 aromatic rings. The largest absolute Gasteiger partial charge is 0.368 e. The number of aromatic nitrogens is 4. The maximum atomic E-state index is 5.97. The zero-order valence-electron chi connectivity index (χ0n) is 9.30. The second-order valence-corrected chi connectivity index (χ2v) is 4.80. The van der Waals surface area contributed by atoms with E-state index in [1.54, 1.807) is 24.3 Å². The van der Waals surface area contributed by atoms with Crippen molar-refractivity contribution in [3.8, 4) is 0 Å². The fourth-order valence-electron chi connectivity index (χ4n) is 1.23. The van der Waals surface area contributed by atoms with E-state index in [1.807, 2.05) is 23.7 Å². The molecule has 2 aromatic heterocycles. The minimum absolute atomic E-state index is 0.635. The lowest BCUT2D eigenvalue weighted by Gasteiger charge is -2.06. The first-order valence-electron chi connectivity index (χ1n) is 5.08. The quantitative estimate of drug-likeness (QED) is 0.665. The van der Waals surface area contributed by atoms with Crippen molar-refractivity contribution in [2.75, 3.05) is 17.6 Å². The number of pyridine rings is 1. The lowest BCUT2D eigenvalue weighted by atomic mass is 10.4. The van der Waals surface area contributed by atoms with Crippen LogP contribution in [0.4, 0.5) is 5.82 Å². The fourth-order valence-corrected chi connectivity index (χ4v) is 2.16. The number of nitrogens with zero attached hydrogens (tertiary/aromatic N) is 4. The molecule has 0 radical (unpaired) electrons. The second-order valence-electron chi connectivity index (χ2n) is 3.33. The van der Waals surface area contributed by atoms with Crippen LogP contribution in [-0.2, 0) is 7.05 Å². The highest BCUT2D eigenvalue weighted by molar-refractivity contribution is 7.99. The molecule has 7 heteroatoms. The highest BCUT2D eigenvalue weighted by Crippen LogP contribution is 2.18. The molecule has 2 heterocycles. The molecule has 0 atom stereocenters. The highest BCUT2D eigenvalue weighted by atomic mass is 35.5. The van der Waals surface area contributed by atoms with Gasteiger partial charge in [0.1, 0.15) is 12.1 Å². The maximum Gasteiger partial charge on any atom is 0.190 e. The van der Waals surface area contributed by atoms with Gasteiger partial charge < -0.3 is 9.88 Å².